The van der Waals surface area contributed by atoms with Crippen molar-refractivity contribution in [2.75, 3.05) is 32.6 Å². The molecule has 0 fully saturated rings. The quantitative estimate of drug-likeness (QED) is 0.753. The molecule has 5 heteroatoms. The summed E-state index contributed by atoms with van der Waals surface area (Å²) < 4.78 is 5.50. The molecular formula is C16H24N2O3. The summed E-state index contributed by atoms with van der Waals surface area (Å²) in [6.45, 7) is 4.38. The second-order valence-corrected chi connectivity index (χ2v) is 5.18. The van der Waals surface area contributed by atoms with Gasteiger partial charge in [-0.05, 0) is 52.2 Å². The minimum Gasteiger partial charge on any atom is -0.491 e. The van der Waals surface area contributed by atoms with Crippen LogP contribution in [-0.4, -0.2) is 49.3 Å². The topological polar surface area (TPSA) is 61.8 Å². The van der Waals surface area contributed by atoms with Gasteiger partial charge in [0.1, 0.15) is 18.5 Å². The average molecular weight is 292 g/mol. The van der Waals surface area contributed by atoms with Crippen LogP contribution in [-0.2, 0) is 4.79 Å². The van der Waals surface area contributed by atoms with Gasteiger partial charge in [-0.1, -0.05) is 6.08 Å². The third kappa shape index (κ3) is 6.42. The van der Waals surface area contributed by atoms with Crippen LogP contribution in [0.4, 0.5) is 5.69 Å². The van der Waals surface area contributed by atoms with Crippen molar-refractivity contribution in [2.24, 2.45) is 0 Å². The van der Waals surface area contributed by atoms with E-state index in [-0.39, 0.29) is 12.5 Å². The predicted octanol–water partition coefficient (Wildman–Crippen LogP) is 1.89. The van der Waals surface area contributed by atoms with Crippen molar-refractivity contribution in [3.8, 4) is 5.75 Å². The molecule has 0 radical (unpaired) electrons. The number of hydrogen-bond acceptors (Lipinski definition) is 4. The van der Waals surface area contributed by atoms with Crippen LogP contribution < -0.4 is 10.1 Å². The number of nitrogens with zero attached hydrogens (tertiary/aromatic N) is 1. The lowest BCUT2D eigenvalue weighted by molar-refractivity contribution is -0.112. The Morgan fingerprint density at radius 1 is 1.38 bits per heavy atom. The molecule has 116 valence electrons. The van der Waals surface area contributed by atoms with E-state index in [2.05, 4.69) is 5.32 Å². The number of rotatable bonds is 7. The molecule has 0 bridgehead atoms. The Balaban J connectivity index is 2.49. The third-order valence-corrected chi connectivity index (χ3v) is 2.92. The molecule has 1 amide bonds. The van der Waals surface area contributed by atoms with Crippen molar-refractivity contribution in [3.63, 3.8) is 0 Å². The number of aliphatic hydroxyl groups excluding tert-OH is 1. The Bertz CT molecular complexity index is 481. The number of ether oxygens (including phenoxy) is 1. The van der Waals surface area contributed by atoms with Crippen LogP contribution in [0.5, 0.6) is 5.75 Å². The molecule has 1 aromatic rings. The highest BCUT2D eigenvalue weighted by atomic mass is 16.5. The first-order valence-corrected chi connectivity index (χ1v) is 6.92. The number of carbonyl (C=O) groups is 1. The number of benzene rings is 1. The zero-order chi connectivity index (χ0) is 15.8. The van der Waals surface area contributed by atoms with E-state index >= 15 is 0 Å². The summed E-state index contributed by atoms with van der Waals surface area (Å²) in [5, 5.41) is 12.5. The summed E-state index contributed by atoms with van der Waals surface area (Å²) in [5.74, 6) is 0.543. The highest BCUT2D eigenvalue weighted by Gasteiger charge is 2.07. The Kier molecular flexibility index (Phi) is 6.91. The first-order valence-electron chi connectivity index (χ1n) is 6.92. The van der Waals surface area contributed by atoms with Gasteiger partial charge in [-0.3, -0.25) is 4.79 Å². The molecule has 0 saturated carbocycles. The fourth-order valence-corrected chi connectivity index (χ4v) is 1.66. The number of allylic oxidation sites excluding steroid dienone is 1. The molecule has 0 saturated heterocycles. The van der Waals surface area contributed by atoms with E-state index in [9.17, 15) is 9.90 Å². The Morgan fingerprint density at radius 2 is 2.00 bits per heavy atom. The van der Waals surface area contributed by atoms with E-state index in [4.69, 9.17) is 4.74 Å². The maximum Gasteiger partial charge on any atom is 0.250 e. The van der Waals surface area contributed by atoms with Gasteiger partial charge in [0.2, 0.25) is 0 Å². The summed E-state index contributed by atoms with van der Waals surface area (Å²) >= 11 is 0. The zero-order valence-corrected chi connectivity index (χ0v) is 13.1. The zero-order valence-electron chi connectivity index (χ0n) is 13.1. The first-order chi connectivity index (χ1) is 9.92. The standard InChI is InChI=1S/C16H24N2O3/c1-5-12(2)16(20)17-13-6-8-15(9-7-13)21-11-14(19)10-18(3)4/h5-9,14,19H,10-11H2,1-4H3,(H,17,20)/b12-5-. The second-order valence-electron chi connectivity index (χ2n) is 5.18. The van der Waals surface area contributed by atoms with E-state index in [0.29, 0.717) is 23.6 Å². The Hall–Kier alpha value is -1.85. The fourth-order valence-electron chi connectivity index (χ4n) is 1.66. The number of likely N-dealkylation sites (N-methyl/N-ethyl adjacent to an activating group) is 1. The number of anilines is 1. The molecule has 2 N–H and O–H groups in total. The van der Waals surface area contributed by atoms with Crippen molar-refractivity contribution in [1.29, 1.82) is 0 Å². The van der Waals surface area contributed by atoms with Gasteiger partial charge in [-0.2, -0.15) is 0 Å². The van der Waals surface area contributed by atoms with Gasteiger partial charge in [0.25, 0.3) is 5.91 Å². The molecule has 0 aliphatic rings. The van der Waals surface area contributed by atoms with E-state index in [1.807, 2.05) is 25.9 Å². The molecule has 0 aliphatic heterocycles. The first kappa shape index (κ1) is 17.2. The van der Waals surface area contributed by atoms with Crippen LogP contribution in [0.2, 0.25) is 0 Å². The number of aliphatic hydroxyl groups is 1. The maximum absolute atomic E-state index is 11.7. The smallest absolute Gasteiger partial charge is 0.250 e. The second kappa shape index (κ2) is 8.44. The van der Waals surface area contributed by atoms with Gasteiger partial charge < -0.3 is 20.1 Å². The van der Waals surface area contributed by atoms with Crippen LogP contribution in [0.1, 0.15) is 13.8 Å². The van der Waals surface area contributed by atoms with Crippen molar-refractivity contribution in [2.45, 2.75) is 20.0 Å². The molecule has 0 spiro atoms. The molecule has 5 nitrogen and oxygen atoms in total. The lowest BCUT2D eigenvalue weighted by atomic mass is 10.2. The van der Waals surface area contributed by atoms with Crippen LogP contribution in [0.15, 0.2) is 35.9 Å². The van der Waals surface area contributed by atoms with Crippen molar-refractivity contribution in [3.05, 3.63) is 35.9 Å². The number of carbonyl (C=O) groups excluding carboxylic acids is 1. The predicted molar refractivity (Wildman–Crippen MR) is 84.6 cm³/mol. The summed E-state index contributed by atoms with van der Waals surface area (Å²) in [6.07, 6.45) is 1.23. The highest BCUT2D eigenvalue weighted by Crippen LogP contribution is 2.16. The Morgan fingerprint density at radius 3 is 2.52 bits per heavy atom. The molecule has 0 heterocycles. The average Bonchev–Trinajstić information content (AvgIpc) is 2.44. The molecular weight excluding hydrogens is 268 g/mol. The molecule has 1 aromatic carbocycles. The third-order valence-electron chi connectivity index (χ3n) is 2.92. The molecule has 1 atom stereocenters. The van der Waals surface area contributed by atoms with Gasteiger partial charge in [0.15, 0.2) is 0 Å². The molecule has 1 unspecified atom stereocenters. The molecule has 1 rings (SSSR count). The van der Waals surface area contributed by atoms with Gasteiger partial charge in [0, 0.05) is 17.8 Å². The van der Waals surface area contributed by atoms with Gasteiger partial charge in [0.05, 0.1) is 0 Å². The lowest BCUT2D eigenvalue weighted by Crippen LogP contribution is -2.30. The van der Waals surface area contributed by atoms with Crippen molar-refractivity contribution in [1.82, 2.24) is 4.90 Å². The SMILES string of the molecule is C/C=C(/C)C(=O)Nc1ccc(OCC(O)CN(C)C)cc1. The number of hydrogen-bond donors (Lipinski definition) is 2. The maximum atomic E-state index is 11.7. The monoisotopic (exact) mass is 292 g/mol. The highest BCUT2D eigenvalue weighted by molar-refractivity contribution is 6.03. The fraction of sp³-hybridized carbons (Fsp3) is 0.438. The van der Waals surface area contributed by atoms with E-state index in [1.165, 1.54) is 0 Å². The van der Waals surface area contributed by atoms with E-state index in [1.54, 1.807) is 37.3 Å². The van der Waals surface area contributed by atoms with Crippen molar-refractivity contribution >= 4 is 11.6 Å². The molecule has 0 aromatic heterocycles. The number of nitrogens with one attached hydrogen (secondary N) is 1. The lowest BCUT2D eigenvalue weighted by Gasteiger charge is -2.16. The van der Waals surface area contributed by atoms with Gasteiger partial charge in [-0.15, -0.1) is 0 Å². The molecule has 0 aliphatic carbocycles. The summed E-state index contributed by atoms with van der Waals surface area (Å²) in [5.41, 5.74) is 1.38. The van der Waals surface area contributed by atoms with Crippen LogP contribution in [0.25, 0.3) is 0 Å². The minimum atomic E-state index is -0.531. The summed E-state index contributed by atoms with van der Waals surface area (Å²) in [7, 11) is 3.79. The Labute approximate surface area is 126 Å². The van der Waals surface area contributed by atoms with E-state index < -0.39 is 6.10 Å². The molecule has 21 heavy (non-hydrogen) atoms. The van der Waals surface area contributed by atoms with Crippen LogP contribution in [0, 0.1) is 0 Å². The van der Waals surface area contributed by atoms with Crippen LogP contribution >= 0.6 is 0 Å². The summed E-state index contributed by atoms with van der Waals surface area (Å²) in [4.78, 5) is 13.6. The largest absolute Gasteiger partial charge is 0.491 e. The van der Waals surface area contributed by atoms with E-state index in [0.717, 1.165) is 0 Å². The summed E-state index contributed by atoms with van der Waals surface area (Å²) in [6, 6.07) is 7.08. The minimum absolute atomic E-state index is 0.118. The van der Waals surface area contributed by atoms with Crippen molar-refractivity contribution < 1.29 is 14.6 Å². The van der Waals surface area contributed by atoms with Gasteiger partial charge in [-0.25, -0.2) is 0 Å². The van der Waals surface area contributed by atoms with Crippen LogP contribution in [0.3, 0.4) is 0 Å². The normalized spacial score (nSPS) is 13.1. The van der Waals surface area contributed by atoms with Gasteiger partial charge >= 0.3 is 0 Å². The number of amides is 1.